The highest BCUT2D eigenvalue weighted by Gasteiger charge is 2.34. The molecule has 0 spiro atoms. The van der Waals surface area contributed by atoms with Gasteiger partial charge in [0.1, 0.15) is 11.6 Å². The molecule has 2 rings (SSSR count). The van der Waals surface area contributed by atoms with Crippen LogP contribution in [-0.4, -0.2) is 17.6 Å². The summed E-state index contributed by atoms with van der Waals surface area (Å²) in [7, 11) is 0. The van der Waals surface area contributed by atoms with E-state index in [2.05, 4.69) is 4.98 Å². The van der Waals surface area contributed by atoms with E-state index in [1.807, 2.05) is 11.8 Å². The van der Waals surface area contributed by atoms with Crippen molar-refractivity contribution in [2.75, 3.05) is 17.2 Å². The summed E-state index contributed by atoms with van der Waals surface area (Å²) in [5.74, 6) is 0.258. The van der Waals surface area contributed by atoms with Gasteiger partial charge in [0.05, 0.1) is 5.56 Å². The van der Waals surface area contributed by atoms with Crippen LogP contribution >= 0.6 is 0 Å². The Morgan fingerprint density at radius 2 is 2.06 bits per heavy atom. The Balaban J connectivity index is 2.34. The minimum Gasteiger partial charge on any atom is -0.384 e. The molecule has 1 aliphatic carbocycles. The topological polar surface area (TPSA) is 42.1 Å². The highest BCUT2D eigenvalue weighted by atomic mass is 19.4. The van der Waals surface area contributed by atoms with E-state index in [0.717, 1.165) is 31.4 Å². The second-order valence-electron chi connectivity index (χ2n) is 4.56. The molecule has 6 heteroatoms. The number of halogens is 3. The first kappa shape index (κ1) is 13.0. The van der Waals surface area contributed by atoms with Gasteiger partial charge >= 0.3 is 6.18 Å². The van der Waals surface area contributed by atoms with E-state index in [1.54, 1.807) is 0 Å². The van der Waals surface area contributed by atoms with Crippen molar-refractivity contribution in [3.05, 3.63) is 17.7 Å². The minimum atomic E-state index is -4.38. The fourth-order valence-corrected chi connectivity index (χ4v) is 1.96. The molecular formula is C12H16F3N3. The standard InChI is InChI=1S/C12H16F3N3/c1-2-5-18(9-3-4-9)11-7-8(12(13,14)15)6-10(16)17-11/h6-7,9H,2-5H2,1H3,(H2,16,17). The van der Waals surface area contributed by atoms with Crippen molar-refractivity contribution in [3.63, 3.8) is 0 Å². The first-order chi connectivity index (χ1) is 8.41. The highest BCUT2D eigenvalue weighted by Crippen LogP contribution is 2.35. The molecule has 18 heavy (non-hydrogen) atoms. The predicted molar refractivity (Wildman–Crippen MR) is 64.3 cm³/mol. The molecule has 1 heterocycles. The molecule has 0 atom stereocenters. The lowest BCUT2D eigenvalue weighted by Crippen LogP contribution is -2.28. The lowest BCUT2D eigenvalue weighted by atomic mass is 10.2. The number of anilines is 2. The number of rotatable bonds is 4. The fraction of sp³-hybridized carbons (Fsp3) is 0.583. The maximum Gasteiger partial charge on any atom is 0.416 e. The maximum absolute atomic E-state index is 12.7. The predicted octanol–water partition coefficient (Wildman–Crippen LogP) is 3.06. The largest absolute Gasteiger partial charge is 0.416 e. The number of hydrogen-bond acceptors (Lipinski definition) is 3. The van der Waals surface area contributed by atoms with Gasteiger partial charge in [-0.3, -0.25) is 0 Å². The average Bonchev–Trinajstić information content (AvgIpc) is 3.07. The molecule has 0 aromatic carbocycles. The highest BCUT2D eigenvalue weighted by molar-refractivity contribution is 5.50. The van der Waals surface area contributed by atoms with Crippen LogP contribution in [0.25, 0.3) is 0 Å². The molecule has 0 bridgehead atoms. The third-order valence-corrected chi connectivity index (χ3v) is 2.91. The number of alkyl halides is 3. The van der Waals surface area contributed by atoms with Crippen LogP contribution in [0.1, 0.15) is 31.7 Å². The summed E-state index contributed by atoms with van der Waals surface area (Å²) in [6, 6.07) is 2.28. The van der Waals surface area contributed by atoms with Crippen LogP contribution in [0.2, 0.25) is 0 Å². The first-order valence-corrected chi connectivity index (χ1v) is 6.03. The van der Waals surface area contributed by atoms with E-state index in [9.17, 15) is 13.2 Å². The van der Waals surface area contributed by atoms with Crippen LogP contribution in [0.3, 0.4) is 0 Å². The SMILES string of the molecule is CCCN(c1cc(C(F)(F)F)cc(N)n1)C1CC1. The van der Waals surface area contributed by atoms with E-state index < -0.39 is 11.7 Å². The summed E-state index contributed by atoms with van der Waals surface area (Å²) in [4.78, 5) is 5.95. The molecule has 1 aromatic heterocycles. The lowest BCUT2D eigenvalue weighted by Gasteiger charge is -2.24. The Hall–Kier alpha value is -1.46. The Morgan fingerprint density at radius 3 is 2.56 bits per heavy atom. The van der Waals surface area contributed by atoms with Crippen LogP contribution < -0.4 is 10.6 Å². The lowest BCUT2D eigenvalue weighted by molar-refractivity contribution is -0.137. The number of aromatic nitrogens is 1. The molecule has 0 unspecified atom stereocenters. The number of nitrogen functional groups attached to an aromatic ring is 1. The second kappa shape index (κ2) is 4.66. The quantitative estimate of drug-likeness (QED) is 0.903. The van der Waals surface area contributed by atoms with Crippen molar-refractivity contribution in [2.24, 2.45) is 0 Å². The van der Waals surface area contributed by atoms with Crippen LogP contribution in [0, 0.1) is 0 Å². The fourth-order valence-electron chi connectivity index (χ4n) is 1.96. The van der Waals surface area contributed by atoms with Gasteiger partial charge in [-0.25, -0.2) is 4.98 Å². The molecule has 0 aliphatic heterocycles. The molecule has 1 aliphatic rings. The number of hydrogen-bond donors (Lipinski definition) is 1. The molecule has 1 aromatic rings. The van der Waals surface area contributed by atoms with E-state index in [-0.39, 0.29) is 5.82 Å². The molecule has 0 amide bonds. The van der Waals surface area contributed by atoms with Crippen molar-refractivity contribution in [3.8, 4) is 0 Å². The van der Waals surface area contributed by atoms with Gasteiger partial charge in [0, 0.05) is 12.6 Å². The van der Waals surface area contributed by atoms with Crippen LogP contribution in [-0.2, 0) is 6.18 Å². The summed E-state index contributed by atoms with van der Waals surface area (Å²) < 4.78 is 38.1. The zero-order chi connectivity index (χ0) is 13.3. The van der Waals surface area contributed by atoms with E-state index in [1.165, 1.54) is 0 Å². The van der Waals surface area contributed by atoms with Gasteiger partial charge in [-0.2, -0.15) is 13.2 Å². The molecule has 1 fully saturated rings. The Labute approximate surface area is 104 Å². The average molecular weight is 259 g/mol. The number of pyridine rings is 1. The summed E-state index contributed by atoms with van der Waals surface area (Å²) >= 11 is 0. The van der Waals surface area contributed by atoms with Crippen LogP contribution in [0.5, 0.6) is 0 Å². The molecule has 1 saturated carbocycles. The monoisotopic (exact) mass is 259 g/mol. The van der Waals surface area contributed by atoms with Gasteiger partial charge < -0.3 is 10.6 Å². The summed E-state index contributed by atoms with van der Waals surface area (Å²) in [6.45, 7) is 2.70. The smallest absolute Gasteiger partial charge is 0.384 e. The van der Waals surface area contributed by atoms with Gasteiger partial charge in [-0.15, -0.1) is 0 Å². The molecule has 3 nitrogen and oxygen atoms in total. The molecule has 100 valence electrons. The summed E-state index contributed by atoms with van der Waals surface area (Å²) in [5.41, 5.74) is 4.74. The van der Waals surface area contributed by atoms with Crippen molar-refractivity contribution in [2.45, 2.75) is 38.4 Å². The van der Waals surface area contributed by atoms with Crippen molar-refractivity contribution >= 4 is 11.6 Å². The third-order valence-electron chi connectivity index (χ3n) is 2.91. The van der Waals surface area contributed by atoms with Crippen LogP contribution in [0.4, 0.5) is 24.8 Å². The van der Waals surface area contributed by atoms with Crippen molar-refractivity contribution in [1.82, 2.24) is 4.98 Å². The Morgan fingerprint density at radius 1 is 1.39 bits per heavy atom. The third kappa shape index (κ3) is 2.86. The van der Waals surface area contributed by atoms with E-state index >= 15 is 0 Å². The zero-order valence-electron chi connectivity index (χ0n) is 10.2. The number of nitrogens with two attached hydrogens (primary N) is 1. The Bertz CT molecular complexity index is 427. The number of nitrogens with zero attached hydrogens (tertiary/aromatic N) is 2. The van der Waals surface area contributed by atoms with Gasteiger partial charge in [0.2, 0.25) is 0 Å². The zero-order valence-corrected chi connectivity index (χ0v) is 10.2. The maximum atomic E-state index is 12.7. The minimum absolute atomic E-state index is 0.0819. The van der Waals surface area contributed by atoms with E-state index in [0.29, 0.717) is 18.4 Å². The van der Waals surface area contributed by atoms with Gasteiger partial charge in [0.15, 0.2) is 0 Å². The normalized spacial score (nSPS) is 15.8. The van der Waals surface area contributed by atoms with Gasteiger partial charge in [0.25, 0.3) is 0 Å². The van der Waals surface area contributed by atoms with Crippen molar-refractivity contribution in [1.29, 1.82) is 0 Å². The molecule has 0 radical (unpaired) electrons. The second-order valence-corrected chi connectivity index (χ2v) is 4.56. The first-order valence-electron chi connectivity index (χ1n) is 6.03. The van der Waals surface area contributed by atoms with E-state index in [4.69, 9.17) is 5.73 Å². The summed E-state index contributed by atoms with van der Waals surface area (Å²) in [6.07, 6.45) is -1.49. The Kier molecular flexibility index (Phi) is 3.36. The molecule has 0 saturated heterocycles. The van der Waals surface area contributed by atoms with Crippen molar-refractivity contribution < 1.29 is 13.2 Å². The molecular weight excluding hydrogens is 243 g/mol. The van der Waals surface area contributed by atoms with Crippen LogP contribution in [0.15, 0.2) is 12.1 Å². The summed E-state index contributed by atoms with van der Waals surface area (Å²) in [5, 5.41) is 0. The van der Waals surface area contributed by atoms with Gasteiger partial charge in [-0.1, -0.05) is 6.92 Å². The van der Waals surface area contributed by atoms with Gasteiger partial charge in [-0.05, 0) is 31.4 Å². The molecule has 2 N–H and O–H groups in total.